The summed E-state index contributed by atoms with van der Waals surface area (Å²) in [6, 6.07) is 9.15. The number of hydrogen-bond acceptors (Lipinski definition) is 2. The van der Waals surface area contributed by atoms with Gasteiger partial charge < -0.3 is 10.6 Å². The number of nitrogens with zero attached hydrogens (tertiary/aromatic N) is 1. The number of nitrogens with two attached hydrogens (primary N) is 1. The van der Waals surface area contributed by atoms with Gasteiger partial charge in [0.15, 0.2) is 0 Å². The minimum absolute atomic E-state index is 0.551. The third kappa shape index (κ3) is 3.53. The first-order valence-corrected chi connectivity index (χ1v) is 6.24. The molecule has 0 amide bonds. The standard InChI is InChI=1S/C14H24N2/c1-4-5-10-16(12(2)3)14-8-6-13(11-15)7-9-14/h6-9,12H,4-5,10-11,15H2,1-3H3. The van der Waals surface area contributed by atoms with Gasteiger partial charge in [0.05, 0.1) is 0 Å². The highest BCUT2D eigenvalue weighted by atomic mass is 15.1. The second kappa shape index (κ2) is 6.54. The minimum atomic E-state index is 0.551. The zero-order valence-electron chi connectivity index (χ0n) is 10.7. The maximum absolute atomic E-state index is 5.60. The molecule has 0 heterocycles. The van der Waals surface area contributed by atoms with Crippen molar-refractivity contribution >= 4 is 5.69 Å². The zero-order valence-corrected chi connectivity index (χ0v) is 10.7. The van der Waals surface area contributed by atoms with Crippen molar-refractivity contribution in [1.29, 1.82) is 0 Å². The van der Waals surface area contributed by atoms with E-state index in [0.717, 1.165) is 6.54 Å². The fourth-order valence-electron chi connectivity index (χ4n) is 1.84. The van der Waals surface area contributed by atoms with E-state index in [2.05, 4.69) is 49.9 Å². The minimum Gasteiger partial charge on any atom is -0.369 e. The smallest absolute Gasteiger partial charge is 0.0368 e. The molecule has 0 aliphatic rings. The molecule has 1 aromatic rings. The van der Waals surface area contributed by atoms with Crippen LogP contribution in [0.15, 0.2) is 24.3 Å². The molecule has 1 rings (SSSR count). The average molecular weight is 220 g/mol. The number of unbranched alkanes of at least 4 members (excludes halogenated alkanes) is 1. The van der Waals surface area contributed by atoms with Gasteiger partial charge in [0, 0.05) is 24.8 Å². The fourth-order valence-corrected chi connectivity index (χ4v) is 1.84. The summed E-state index contributed by atoms with van der Waals surface area (Å²) in [4.78, 5) is 2.45. The second-order valence-electron chi connectivity index (χ2n) is 4.51. The number of hydrogen-bond donors (Lipinski definition) is 1. The maximum Gasteiger partial charge on any atom is 0.0368 e. The molecule has 16 heavy (non-hydrogen) atoms. The highest BCUT2D eigenvalue weighted by molar-refractivity contribution is 5.48. The number of benzene rings is 1. The van der Waals surface area contributed by atoms with Crippen molar-refractivity contribution in [2.75, 3.05) is 11.4 Å². The summed E-state index contributed by atoms with van der Waals surface area (Å²) in [7, 11) is 0. The quantitative estimate of drug-likeness (QED) is 0.798. The summed E-state index contributed by atoms with van der Waals surface area (Å²) < 4.78 is 0. The van der Waals surface area contributed by atoms with Crippen LogP contribution in [0.2, 0.25) is 0 Å². The van der Waals surface area contributed by atoms with E-state index in [4.69, 9.17) is 5.73 Å². The van der Waals surface area contributed by atoms with Gasteiger partial charge in [-0.1, -0.05) is 25.5 Å². The van der Waals surface area contributed by atoms with Crippen LogP contribution in [0.4, 0.5) is 5.69 Å². The molecule has 0 bridgehead atoms. The lowest BCUT2D eigenvalue weighted by Crippen LogP contribution is -2.31. The molecule has 2 heteroatoms. The molecule has 0 atom stereocenters. The van der Waals surface area contributed by atoms with Crippen LogP contribution in [0.3, 0.4) is 0 Å². The maximum atomic E-state index is 5.60. The Kier molecular flexibility index (Phi) is 5.33. The van der Waals surface area contributed by atoms with Crippen LogP contribution in [-0.4, -0.2) is 12.6 Å². The van der Waals surface area contributed by atoms with E-state index in [1.165, 1.54) is 24.1 Å². The van der Waals surface area contributed by atoms with Gasteiger partial charge in [0.1, 0.15) is 0 Å². The first-order chi connectivity index (χ1) is 7.69. The number of rotatable bonds is 6. The first-order valence-electron chi connectivity index (χ1n) is 6.24. The van der Waals surface area contributed by atoms with E-state index in [0.29, 0.717) is 12.6 Å². The van der Waals surface area contributed by atoms with Gasteiger partial charge in [-0.15, -0.1) is 0 Å². The van der Waals surface area contributed by atoms with E-state index in [1.54, 1.807) is 0 Å². The van der Waals surface area contributed by atoms with Gasteiger partial charge in [0.25, 0.3) is 0 Å². The van der Waals surface area contributed by atoms with E-state index < -0.39 is 0 Å². The zero-order chi connectivity index (χ0) is 12.0. The largest absolute Gasteiger partial charge is 0.369 e. The summed E-state index contributed by atoms with van der Waals surface area (Å²) in [5.74, 6) is 0. The molecule has 0 saturated heterocycles. The van der Waals surface area contributed by atoms with E-state index in [-0.39, 0.29) is 0 Å². The molecule has 0 aliphatic heterocycles. The molecule has 0 spiro atoms. The summed E-state index contributed by atoms with van der Waals surface area (Å²) in [5.41, 5.74) is 8.11. The van der Waals surface area contributed by atoms with Crippen LogP contribution in [0.5, 0.6) is 0 Å². The van der Waals surface area contributed by atoms with Crippen molar-refractivity contribution in [3.05, 3.63) is 29.8 Å². The Labute approximate surface area is 99.5 Å². The second-order valence-corrected chi connectivity index (χ2v) is 4.51. The lowest BCUT2D eigenvalue weighted by molar-refractivity contribution is 0.646. The molecule has 2 nitrogen and oxygen atoms in total. The Morgan fingerprint density at radius 2 is 1.81 bits per heavy atom. The predicted octanol–water partition coefficient (Wildman–Crippen LogP) is 3.16. The molecule has 0 aliphatic carbocycles. The molecule has 0 saturated carbocycles. The Morgan fingerprint density at radius 3 is 2.25 bits per heavy atom. The lowest BCUT2D eigenvalue weighted by Gasteiger charge is -2.29. The highest BCUT2D eigenvalue weighted by Crippen LogP contribution is 2.18. The normalized spacial score (nSPS) is 10.8. The summed E-state index contributed by atoms with van der Waals surface area (Å²) in [5, 5.41) is 0. The fraction of sp³-hybridized carbons (Fsp3) is 0.571. The lowest BCUT2D eigenvalue weighted by atomic mass is 10.1. The monoisotopic (exact) mass is 220 g/mol. The van der Waals surface area contributed by atoms with Gasteiger partial charge in [-0.2, -0.15) is 0 Å². The Bertz CT molecular complexity index is 290. The van der Waals surface area contributed by atoms with Gasteiger partial charge >= 0.3 is 0 Å². The molecule has 90 valence electrons. The van der Waals surface area contributed by atoms with Crippen molar-refractivity contribution in [1.82, 2.24) is 0 Å². The molecule has 0 aromatic heterocycles. The predicted molar refractivity (Wildman–Crippen MR) is 71.7 cm³/mol. The average Bonchev–Trinajstić information content (AvgIpc) is 2.30. The van der Waals surface area contributed by atoms with Gasteiger partial charge in [0.2, 0.25) is 0 Å². The molecule has 1 aromatic carbocycles. The van der Waals surface area contributed by atoms with Crippen LogP contribution in [0.25, 0.3) is 0 Å². The van der Waals surface area contributed by atoms with Crippen LogP contribution in [0, 0.1) is 0 Å². The molecular formula is C14H24N2. The van der Waals surface area contributed by atoms with Crippen LogP contribution in [-0.2, 0) is 6.54 Å². The molecule has 0 unspecified atom stereocenters. The Balaban J connectivity index is 2.75. The van der Waals surface area contributed by atoms with Gasteiger partial charge in [-0.05, 0) is 38.0 Å². The van der Waals surface area contributed by atoms with Gasteiger partial charge in [-0.3, -0.25) is 0 Å². The topological polar surface area (TPSA) is 29.3 Å². The molecular weight excluding hydrogens is 196 g/mol. The number of anilines is 1. The van der Waals surface area contributed by atoms with Crippen LogP contribution < -0.4 is 10.6 Å². The SMILES string of the molecule is CCCCN(c1ccc(CN)cc1)C(C)C. The summed E-state index contributed by atoms with van der Waals surface area (Å²) in [6.07, 6.45) is 2.49. The van der Waals surface area contributed by atoms with Crippen molar-refractivity contribution in [2.24, 2.45) is 5.73 Å². The van der Waals surface area contributed by atoms with E-state index >= 15 is 0 Å². The van der Waals surface area contributed by atoms with E-state index in [1.807, 2.05) is 0 Å². The van der Waals surface area contributed by atoms with E-state index in [9.17, 15) is 0 Å². The highest BCUT2D eigenvalue weighted by Gasteiger charge is 2.09. The van der Waals surface area contributed by atoms with Crippen LogP contribution in [0.1, 0.15) is 39.2 Å². The van der Waals surface area contributed by atoms with Crippen molar-refractivity contribution < 1.29 is 0 Å². The third-order valence-electron chi connectivity index (χ3n) is 2.88. The van der Waals surface area contributed by atoms with Crippen molar-refractivity contribution in [2.45, 2.75) is 46.2 Å². The van der Waals surface area contributed by atoms with Crippen molar-refractivity contribution in [3.63, 3.8) is 0 Å². The third-order valence-corrected chi connectivity index (χ3v) is 2.88. The van der Waals surface area contributed by atoms with Crippen molar-refractivity contribution in [3.8, 4) is 0 Å². The Hall–Kier alpha value is -1.02. The summed E-state index contributed by atoms with van der Waals surface area (Å²) >= 11 is 0. The first kappa shape index (κ1) is 13.0. The molecule has 2 N–H and O–H groups in total. The van der Waals surface area contributed by atoms with Gasteiger partial charge in [-0.25, -0.2) is 0 Å². The molecule has 0 fully saturated rings. The van der Waals surface area contributed by atoms with Crippen LogP contribution >= 0.6 is 0 Å². The summed E-state index contributed by atoms with van der Waals surface area (Å²) in [6.45, 7) is 8.47. The molecule has 0 radical (unpaired) electrons. The Morgan fingerprint density at radius 1 is 1.19 bits per heavy atom.